The monoisotopic (exact) mass is 282 g/mol. The molecule has 0 aromatic heterocycles. The van der Waals surface area contributed by atoms with Crippen LogP contribution in [0.5, 0.6) is 5.75 Å². The molecule has 1 aliphatic rings. The van der Waals surface area contributed by atoms with Gasteiger partial charge in [0.05, 0.1) is 0 Å². The summed E-state index contributed by atoms with van der Waals surface area (Å²) in [5, 5.41) is 21.1. The molecule has 0 heterocycles. The first kappa shape index (κ1) is 13.8. The maximum Gasteiger partial charge on any atom is 0.199 e. The zero-order valence-electron chi connectivity index (χ0n) is 12.1. The van der Waals surface area contributed by atoms with Gasteiger partial charge in [0.1, 0.15) is 5.75 Å². The van der Waals surface area contributed by atoms with E-state index < -0.39 is 5.60 Å². The fraction of sp³-hybridized carbons (Fsp3) is 0.278. The molecule has 1 aliphatic carbocycles. The number of fused-ring (bicyclic) bond motifs is 1. The topological polar surface area (TPSA) is 57.5 Å². The summed E-state index contributed by atoms with van der Waals surface area (Å²) in [5.74, 6) is -0.0911. The molecular formula is C18H18O3. The molecule has 108 valence electrons. The summed E-state index contributed by atoms with van der Waals surface area (Å²) < 4.78 is 0. The van der Waals surface area contributed by atoms with Crippen LogP contribution in [0.4, 0.5) is 0 Å². The highest BCUT2D eigenvalue weighted by molar-refractivity contribution is 6.07. The van der Waals surface area contributed by atoms with Crippen molar-refractivity contribution in [1.82, 2.24) is 0 Å². The molecule has 2 aromatic carbocycles. The number of carbonyl (C=O) groups is 1. The van der Waals surface area contributed by atoms with Crippen molar-refractivity contribution in [2.45, 2.75) is 31.8 Å². The van der Waals surface area contributed by atoms with Crippen molar-refractivity contribution >= 4 is 5.78 Å². The second-order valence-electron chi connectivity index (χ2n) is 5.95. The molecule has 2 N–H and O–H groups in total. The number of hydrogen-bond acceptors (Lipinski definition) is 3. The Hall–Kier alpha value is -2.13. The minimum atomic E-state index is -1.66. The first-order valence-electron chi connectivity index (χ1n) is 7.12. The van der Waals surface area contributed by atoms with E-state index in [1.165, 1.54) is 0 Å². The molecule has 0 saturated carbocycles. The van der Waals surface area contributed by atoms with Gasteiger partial charge in [-0.25, -0.2) is 0 Å². The van der Waals surface area contributed by atoms with E-state index >= 15 is 0 Å². The summed E-state index contributed by atoms with van der Waals surface area (Å²) in [6.07, 6.45) is 0.205. The van der Waals surface area contributed by atoms with E-state index in [1.807, 2.05) is 32.0 Å². The Morgan fingerprint density at radius 1 is 1.14 bits per heavy atom. The average molecular weight is 282 g/mol. The predicted molar refractivity (Wildman–Crippen MR) is 80.6 cm³/mol. The number of phenolic OH excluding ortho intramolecular Hbond substituents is 1. The van der Waals surface area contributed by atoms with Crippen LogP contribution in [0, 0.1) is 0 Å². The van der Waals surface area contributed by atoms with Crippen LogP contribution < -0.4 is 0 Å². The summed E-state index contributed by atoms with van der Waals surface area (Å²) in [7, 11) is 0. The molecule has 0 bridgehead atoms. The van der Waals surface area contributed by atoms with E-state index in [2.05, 4.69) is 0 Å². The fourth-order valence-corrected chi connectivity index (χ4v) is 2.95. The third-order valence-electron chi connectivity index (χ3n) is 4.22. The summed E-state index contributed by atoms with van der Waals surface area (Å²) in [5.41, 5.74) is 0.948. The summed E-state index contributed by atoms with van der Waals surface area (Å²) in [4.78, 5) is 12.5. The zero-order valence-corrected chi connectivity index (χ0v) is 12.1. The molecule has 1 atom stereocenters. The van der Waals surface area contributed by atoms with Crippen LogP contribution in [0.1, 0.15) is 46.8 Å². The van der Waals surface area contributed by atoms with Gasteiger partial charge in [-0.15, -0.1) is 0 Å². The second kappa shape index (κ2) is 4.71. The maximum absolute atomic E-state index is 12.5. The van der Waals surface area contributed by atoms with E-state index in [0.29, 0.717) is 5.56 Å². The van der Waals surface area contributed by atoms with Crippen LogP contribution in [0.15, 0.2) is 42.5 Å². The molecule has 0 fully saturated rings. The minimum absolute atomic E-state index is 0.0233. The van der Waals surface area contributed by atoms with E-state index in [0.717, 1.165) is 11.1 Å². The van der Waals surface area contributed by atoms with Gasteiger partial charge in [0.15, 0.2) is 11.4 Å². The number of Topliss-reactive ketones (excluding diaryl/α,β-unsaturated/α-hetero) is 1. The number of ketones is 1. The van der Waals surface area contributed by atoms with Crippen molar-refractivity contribution in [3.05, 3.63) is 64.7 Å². The van der Waals surface area contributed by atoms with Gasteiger partial charge in [0, 0.05) is 17.5 Å². The summed E-state index contributed by atoms with van der Waals surface area (Å²) in [6.45, 7) is 4.06. The number of phenols is 1. The highest BCUT2D eigenvalue weighted by Gasteiger charge is 2.46. The molecule has 3 rings (SSSR count). The molecule has 3 nitrogen and oxygen atoms in total. The Morgan fingerprint density at radius 3 is 2.48 bits per heavy atom. The molecule has 21 heavy (non-hydrogen) atoms. The summed E-state index contributed by atoms with van der Waals surface area (Å²) >= 11 is 0. The van der Waals surface area contributed by atoms with E-state index in [4.69, 9.17) is 0 Å². The first-order chi connectivity index (χ1) is 9.93. The Labute approximate surface area is 123 Å². The third kappa shape index (κ3) is 2.05. The minimum Gasteiger partial charge on any atom is -0.508 e. The van der Waals surface area contributed by atoms with Gasteiger partial charge in [-0.3, -0.25) is 4.79 Å². The largest absolute Gasteiger partial charge is 0.508 e. The lowest BCUT2D eigenvalue weighted by molar-refractivity contribution is 0.0343. The molecule has 2 aromatic rings. The SMILES string of the molecule is CC(C)c1ccc(C2(O)Cc3ccccc3C2=O)c(O)c1. The number of carbonyl (C=O) groups excluding carboxylic acids is 1. The maximum atomic E-state index is 12.5. The van der Waals surface area contributed by atoms with Crippen molar-refractivity contribution in [3.63, 3.8) is 0 Å². The van der Waals surface area contributed by atoms with Gasteiger partial charge in [0.2, 0.25) is 0 Å². The number of aliphatic hydroxyl groups is 1. The van der Waals surface area contributed by atoms with Crippen LogP contribution in [0.25, 0.3) is 0 Å². The van der Waals surface area contributed by atoms with Crippen LogP contribution in [-0.2, 0) is 12.0 Å². The fourth-order valence-electron chi connectivity index (χ4n) is 2.95. The summed E-state index contributed by atoms with van der Waals surface area (Å²) in [6, 6.07) is 12.3. The molecular weight excluding hydrogens is 264 g/mol. The van der Waals surface area contributed by atoms with Crippen LogP contribution in [-0.4, -0.2) is 16.0 Å². The lowest BCUT2D eigenvalue weighted by atomic mass is 9.87. The van der Waals surface area contributed by atoms with Gasteiger partial charge in [0.25, 0.3) is 0 Å². The first-order valence-corrected chi connectivity index (χ1v) is 7.12. The number of aromatic hydroxyl groups is 1. The normalized spacial score (nSPS) is 20.9. The van der Waals surface area contributed by atoms with E-state index in [-0.39, 0.29) is 29.4 Å². The molecule has 0 radical (unpaired) electrons. The van der Waals surface area contributed by atoms with Crippen molar-refractivity contribution in [1.29, 1.82) is 0 Å². The Bertz CT molecular complexity index is 718. The predicted octanol–water partition coefficient (Wildman–Crippen LogP) is 3.14. The number of benzene rings is 2. The molecule has 0 aliphatic heterocycles. The van der Waals surface area contributed by atoms with Gasteiger partial charge < -0.3 is 10.2 Å². The Morgan fingerprint density at radius 2 is 1.86 bits per heavy atom. The van der Waals surface area contributed by atoms with Crippen molar-refractivity contribution < 1.29 is 15.0 Å². The van der Waals surface area contributed by atoms with Gasteiger partial charge in [-0.05, 0) is 23.1 Å². The lowest BCUT2D eigenvalue weighted by Crippen LogP contribution is -2.32. The number of hydrogen-bond donors (Lipinski definition) is 2. The molecule has 1 unspecified atom stereocenters. The second-order valence-corrected chi connectivity index (χ2v) is 5.95. The van der Waals surface area contributed by atoms with E-state index in [9.17, 15) is 15.0 Å². The highest BCUT2D eigenvalue weighted by atomic mass is 16.3. The third-order valence-corrected chi connectivity index (χ3v) is 4.22. The van der Waals surface area contributed by atoms with Gasteiger partial charge >= 0.3 is 0 Å². The standard InChI is InChI=1S/C18H18O3/c1-11(2)12-7-8-15(16(19)9-12)18(21)10-13-5-3-4-6-14(13)17(18)20/h3-9,11,19,21H,10H2,1-2H3. The highest BCUT2D eigenvalue weighted by Crippen LogP contribution is 2.41. The smallest absolute Gasteiger partial charge is 0.199 e. The molecule has 0 spiro atoms. The van der Waals surface area contributed by atoms with Gasteiger partial charge in [-0.2, -0.15) is 0 Å². The van der Waals surface area contributed by atoms with Crippen molar-refractivity contribution in [2.75, 3.05) is 0 Å². The van der Waals surface area contributed by atoms with E-state index in [1.54, 1.807) is 24.3 Å². The molecule has 3 heteroatoms. The lowest BCUT2D eigenvalue weighted by Gasteiger charge is -2.23. The molecule has 0 saturated heterocycles. The van der Waals surface area contributed by atoms with Crippen molar-refractivity contribution in [3.8, 4) is 5.75 Å². The quantitative estimate of drug-likeness (QED) is 0.889. The zero-order chi connectivity index (χ0) is 15.2. The van der Waals surface area contributed by atoms with Gasteiger partial charge in [-0.1, -0.05) is 50.2 Å². The van der Waals surface area contributed by atoms with Crippen LogP contribution in [0.2, 0.25) is 0 Å². The van der Waals surface area contributed by atoms with Crippen LogP contribution >= 0.6 is 0 Å². The van der Waals surface area contributed by atoms with Crippen LogP contribution in [0.3, 0.4) is 0 Å². The Balaban J connectivity index is 2.08. The number of rotatable bonds is 2. The molecule has 0 amide bonds. The average Bonchev–Trinajstić information content (AvgIpc) is 2.71. The van der Waals surface area contributed by atoms with Crippen molar-refractivity contribution in [2.24, 2.45) is 0 Å². The Kier molecular flexibility index (Phi) is 3.10.